The summed E-state index contributed by atoms with van der Waals surface area (Å²) in [5.41, 5.74) is 9.11. The molecule has 3 aromatic heterocycles. The second kappa shape index (κ2) is 13.0. The second-order valence-corrected chi connectivity index (χ2v) is 15.4. The average Bonchev–Trinajstić information content (AvgIpc) is 3.88. The predicted molar refractivity (Wildman–Crippen MR) is 212 cm³/mol. The van der Waals surface area contributed by atoms with Crippen molar-refractivity contribution < 1.29 is 13.2 Å². The van der Waals surface area contributed by atoms with Crippen molar-refractivity contribution in [3.05, 3.63) is 136 Å². The summed E-state index contributed by atoms with van der Waals surface area (Å²) in [6, 6.07) is 34.7. The van der Waals surface area contributed by atoms with Crippen LogP contribution < -0.4 is 19.7 Å². The Kier molecular flexibility index (Phi) is 8.39. The molecule has 0 aliphatic carbocycles. The summed E-state index contributed by atoms with van der Waals surface area (Å²) in [6.07, 6.45) is -4.44. The minimum absolute atomic E-state index is 0.456. The van der Waals surface area contributed by atoms with Gasteiger partial charge in [0.2, 0.25) is 0 Å². The Labute approximate surface area is 307 Å². The van der Waals surface area contributed by atoms with Crippen molar-refractivity contribution in [1.82, 2.24) is 4.98 Å². The molecule has 4 aromatic carbocycles. The Bertz CT molecular complexity index is 2590. The van der Waals surface area contributed by atoms with Crippen LogP contribution in [0.2, 0.25) is 0 Å². The molecule has 0 saturated carbocycles. The van der Waals surface area contributed by atoms with E-state index in [-0.39, 0.29) is 0 Å². The van der Waals surface area contributed by atoms with Crippen molar-refractivity contribution in [3.63, 3.8) is 0 Å². The summed E-state index contributed by atoms with van der Waals surface area (Å²) in [5, 5.41) is 0.749. The third kappa shape index (κ3) is 6.22. The van der Waals surface area contributed by atoms with Crippen LogP contribution in [-0.2, 0) is 6.18 Å². The number of aliphatic imine (C=N–C) groups is 1. The molecule has 5 nitrogen and oxygen atoms in total. The topological polar surface area (TPSA) is 47.0 Å². The lowest BCUT2D eigenvalue weighted by molar-refractivity contribution is -0.137. The number of alkyl halides is 3. The van der Waals surface area contributed by atoms with E-state index in [1.54, 1.807) is 22.7 Å². The van der Waals surface area contributed by atoms with Crippen LogP contribution in [0.25, 0.3) is 47.8 Å². The Morgan fingerprint density at radius 3 is 1.75 bits per heavy atom. The van der Waals surface area contributed by atoms with Gasteiger partial charge >= 0.3 is 6.18 Å². The molecule has 10 heteroatoms. The van der Waals surface area contributed by atoms with E-state index in [2.05, 4.69) is 95.7 Å². The normalized spacial score (nSPS) is 13.5. The first-order valence-corrected chi connectivity index (χ1v) is 18.3. The van der Waals surface area contributed by atoms with E-state index in [4.69, 9.17) is 9.98 Å². The summed E-state index contributed by atoms with van der Waals surface area (Å²) >= 11 is 3.27. The summed E-state index contributed by atoms with van der Waals surface area (Å²) in [6.45, 7) is 2.06. The molecule has 1 aliphatic rings. The van der Waals surface area contributed by atoms with Gasteiger partial charge in [0.15, 0.2) is 5.84 Å². The van der Waals surface area contributed by atoms with Gasteiger partial charge in [0.25, 0.3) is 0 Å². The molecular weight excluding hydrogens is 696 g/mol. The van der Waals surface area contributed by atoms with Crippen LogP contribution in [0.15, 0.2) is 119 Å². The lowest BCUT2D eigenvalue weighted by atomic mass is 10.0. The highest BCUT2D eigenvalue weighted by Gasteiger charge is 2.31. The zero-order valence-corrected chi connectivity index (χ0v) is 30.8. The van der Waals surface area contributed by atoms with Crippen LogP contribution in [0.1, 0.15) is 16.7 Å². The number of halogens is 3. The molecule has 0 unspecified atom stereocenters. The first-order valence-electron chi connectivity index (χ1n) is 16.7. The number of aromatic nitrogens is 1. The van der Waals surface area contributed by atoms with E-state index in [1.807, 2.05) is 39.2 Å². The van der Waals surface area contributed by atoms with Crippen molar-refractivity contribution >= 4 is 61.5 Å². The molecule has 0 bridgehead atoms. The van der Waals surface area contributed by atoms with Gasteiger partial charge < -0.3 is 14.8 Å². The van der Waals surface area contributed by atoms with Crippen molar-refractivity contribution in [2.45, 2.75) is 13.1 Å². The van der Waals surface area contributed by atoms with E-state index in [1.165, 1.54) is 12.1 Å². The summed E-state index contributed by atoms with van der Waals surface area (Å²) in [4.78, 5) is 20.1. The number of thiophene rings is 2. The first kappa shape index (κ1) is 33.7. The largest absolute Gasteiger partial charge is 0.416 e. The maximum Gasteiger partial charge on any atom is 0.416 e. The maximum absolute atomic E-state index is 13.6. The molecule has 0 radical (unpaired) electrons. The van der Waals surface area contributed by atoms with Crippen molar-refractivity contribution in [1.29, 1.82) is 0 Å². The lowest BCUT2D eigenvalue weighted by Crippen LogP contribution is -2.16. The Morgan fingerprint density at radius 1 is 0.654 bits per heavy atom. The number of fused-ring (bicyclic) bond motifs is 2. The van der Waals surface area contributed by atoms with E-state index in [0.29, 0.717) is 22.8 Å². The van der Waals surface area contributed by atoms with Crippen molar-refractivity contribution in [2.24, 2.45) is 9.98 Å². The molecule has 260 valence electrons. The van der Waals surface area contributed by atoms with Crippen LogP contribution >= 0.6 is 22.7 Å². The maximum atomic E-state index is 13.6. The number of aromatic amines is 1. The van der Waals surface area contributed by atoms with Crippen LogP contribution in [0, 0.1) is 6.92 Å². The number of nitrogens with zero attached hydrogens (tertiary/aromatic N) is 4. The van der Waals surface area contributed by atoms with Crippen LogP contribution in [0.4, 0.5) is 30.4 Å². The summed E-state index contributed by atoms with van der Waals surface area (Å²) in [7, 11) is 8.06. The number of amidine groups is 1. The average molecular weight is 730 g/mol. The van der Waals surface area contributed by atoms with Crippen LogP contribution in [0.5, 0.6) is 0 Å². The van der Waals surface area contributed by atoms with Gasteiger partial charge in [-0.2, -0.15) is 13.2 Å². The number of aryl methyl sites for hydroxylation is 1. The molecule has 0 amide bonds. The minimum atomic E-state index is -4.44. The fourth-order valence-corrected chi connectivity index (χ4v) is 8.71. The van der Waals surface area contributed by atoms with Gasteiger partial charge in [0.1, 0.15) is 5.82 Å². The standard InChI is InChI=1S/C42H34F3N5S2/c1-24-6-8-27(9-7-24)36-38-32(22-34(51-38)25-12-18-30(19-13-25)49(2)3)46-40(36)48-41-37(28-10-16-29(17-11-28)42(43,44)45)39-33(47-41)23-35(52-39)26-14-20-31(21-15-26)50(4)5/h6-23,46H,1-5H3/b48-41-. The molecular formula is C42H34F3N5S2. The molecule has 8 rings (SSSR count). The second-order valence-electron chi connectivity index (χ2n) is 13.3. The molecule has 0 atom stereocenters. The van der Waals surface area contributed by atoms with E-state index >= 15 is 0 Å². The Morgan fingerprint density at radius 2 is 1.19 bits per heavy atom. The first-order chi connectivity index (χ1) is 24.9. The molecule has 4 heterocycles. The third-order valence-electron chi connectivity index (χ3n) is 9.23. The highest BCUT2D eigenvalue weighted by molar-refractivity contribution is 7.22. The van der Waals surface area contributed by atoms with Gasteiger partial charge in [-0.1, -0.05) is 66.2 Å². The Hall–Kier alpha value is -5.45. The SMILES string of the molecule is Cc1ccc(-c2c(/N=C3\N=c4cc(-c5ccc(N(C)C)cc5)sc4=C3c3ccc(C(F)(F)F)cc3)[nH]c3cc(-c4ccc(N(C)C)cc4)sc23)cc1. The van der Waals surface area contributed by atoms with Crippen LogP contribution in [0.3, 0.4) is 0 Å². The quantitative estimate of drug-likeness (QED) is 0.178. The predicted octanol–water partition coefficient (Wildman–Crippen LogP) is 10.3. The number of hydrogen-bond acceptors (Lipinski definition) is 5. The van der Waals surface area contributed by atoms with Gasteiger partial charge in [-0.15, -0.1) is 22.7 Å². The molecule has 0 saturated heterocycles. The molecule has 52 heavy (non-hydrogen) atoms. The fraction of sp³-hybridized carbons (Fsp3) is 0.143. The number of anilines is 2. The molecule has 1 N–H and O–H groups in total. The minimum Gasteiger partial charge on any atom is -0.378 e. The number of benzene rings is 4. The molecule has 7 aromatic rings. The highest BCUT2D eigenvalue weighted by Crippen LogP contribution is 2.45. The summed E-state index contributed by atoms with van der Waals surface area (Å²) in [5.74, 6) is 1.11. The number of rotatable bonds is 7. The van der Waals surface area contributed by atoms with Gasteiger partial charge in [-0.3, -0.25) is 0 Å². The van der Waals surface area contributed by atoms with E-state index < -0.39 is 11.7 Å². The van der Waals surface area contributed by atoms with E-state index in [9.17, 15) is 13.2 Å². The molecule has 1 aliphatic heterocycles. The van der Waals surface area contributed by atoms with E-state index in [0.717, 1.165) is 81.2 Å². The monoisotopic (exact) mass is 729 g/mol. The van der Waals surface area contributed by atoms with Crippen LogP contribution in [-0.4, -0.2) is 39.0 Å². The summed E-state index contributed by atoms with van der Waals surface area (Å²) < 4.78 is 42.8. The number of hydrogen-bond donors (Lipinski definition) is 1. The van der Waals surface area contributed by atoms with Gasteiger partial charge in [-0.25, -0.2) is 9.98 Å². The number of nitrogens with one attached hydrogen (secondary N) is 1. The zero-order valence-electron chi connectivity index (χ0n) is 29.1. The van der Waals surface area contributed by atoms with Gasteiger partial charge in [0.05, 0.1) is 25.7 Å². The smallest absolute Gasteiger partial charge is 0.378 e. The third-order valence-corrected chi connectivity index (χ3v) is 11.6. The molecule has 0 spiro atoms. The van der Waals surface area contributed by atoms with Gasteiger partial charge in [0, 0.05) is 60.5 Å². The zero-order chi connectivity index (χ0) is 36.3. The number of H-pyrrole nitrogens is 1. The van der Waals surface area contributed by atoms with Crippen molar-refractivity contribution in [3.8, 4) is 32.0 Å². The highest BCUT2D eigenvalue weighted by atomic mass is 32.1. The lowest BCUT2D eigenvalue weighted by Gasteiger charge is -2.12. The Balaban J connectivity index is 1.28. The van der Waals surface area contributed by atoms with Gasteiger partial charge in [-0.05, 0) is 77.7 Å². The van der Waals surface area contributed by atoms with Crippen molar-refractivity contribution in [2.75, 3.05) is 38.0 Å². The molecule has 0 fully saturated rings. The fourth-order valence-electron chi connectivity index (χ4n) is 6.36.